The quantitative estimate of drug-likeness (QED) is 0.902. The first-order valence-electron chi connectivity index (χ1n) is 9.42. The number of hydrogen-bond acceptors (Lipinski definition) is 3. The highest BCUT2D eigenvalue weighted by atomic mass is 16.5. The van der Waals surface area contributed by atoms with Crippen molar-refractivity contribution < 1.29 is 9.53 Å². The molecule has 0 saturated carbocycles. The van der Waals surface area contributed by atoms with Crippen LogP contribution in [-0.4, -0.2) is 36.1 Å². The predicted octanol–water partition coefficient (Wildman–Crippen LogP) is 2.90. The summed E-state index contributed by atoms with van der Waals surface area (Å²) < 4.78 is 6.07. The van der Waals surface area contributed by atoms with Crippen molar-refractivity contribution in [1.29, 1.82) is 0 Å². The van der Waals surface area contributed by atoms with Crippen LogP contribution in [-0.2, 0) is 22.6 Å². The fourth-order valence-electron chi connectivity index (χ4n) is 4.13. The number of carbonyl (C=O) groups excluding carboxylic acids is 1. The molecule has 0 aromatic heterocycles. The lowest BCUT2D eigenvalue weighted by molar-refractivity contribution is -0.128. The van der Waals surface area contributed by atoms with E-state index in [1.165, 1.54) is 11.1 Å². The molecule has 2 saturated heterocycles. The molecule has 1 N–H and O–H groups in total. The normalized spacial score (nSPS) is 25.2. The van der Waals surface area contributed by atoms with E-state index < -0.39 is 0 Å². The van der Waals surface area contributed by atoms with Crippen LogP contribution in [0.1, 0.15) is 23.1 Å². The zero-order valence-corrected chi connectivity index (χ0v) is 15.2. The van der Waals surface area contributed by atoms with E-state index in [-0.39, 0.29) is 24.0 Å². The van der Waals surface area contributed by atoms with E-state index >= 15 is 0 Å². The number of ether oxygens (including phenoxy) is 1. The molecule has 136 valence electrons. The van der Waals surface area contributed by atoms with Crippen molar-refractivity contribution in [3.8, 4) is 0 Å². The maximum atomic E-state index is 12.7. The highest BCUT2D eigenvalue weighted by Crippen LogP contribution is 2.32. The number of carbonyl (C=O) groups is 1. The third-order valence-electron chi connectivity index (χ3n) is 5.37. The molecule has 0 spiro atoms. The Hall–Kier alpha value is -2.17. The van der Waals surface area contributed by atoms with Crippen molar-refractivity contribution in [1.82, 2.24) is 10.2 Å². The number of hydrogen-bond donors (Lipinski definition) is 1. The van der Waals surface area contributed by atoms with Crippen LogP contribution in [0.15, 0.2) is 54.6 Å². The number of amides is 1. The molecule has 0 radical (unpaired) electrons. The lowest BCUT2D eigenvalue weighted by atomic mass is 9.99. The fraction of sp³-hybridized carbons (Fsp3) is 0.409. The van der Waals surface area contributed by atoms with Crippen LogP contribution in [0.3, 0.4) is 0 Å². The van der Waals surface area contributed by atoms with Crippen molar-refractivity contribution >= 4 is 5.91 Å². The van der Waals surface area contributed by atoms with E-state index in [2.05, 4.69) is 41.4 Å². The predicted molar refractivity (Wildman–Crippen MR) is 102 cm³/mol. The molecule has 4 rings (SSSR count). The summed E-state index contributed by atoms with van der Waals surface area (Å²) in [7, 11) is 0. The summed E-state index contributed by atoms with van der Waals surface area (Å²) in [5, 5.41) is 3.09. The second-order valence-electron chi connectivity index (χ2n) is 7.53. The summed E-state index contributed by atoms with van der Waals surface area (Å²) in [6.07, 6.45) is 1.01. The van der Waals surface area contributed by atoms with E-state index in [4.69, 9.17) is 4.74 Å². The Kier molecular flexibility index (Phi) is 5.05. The second-order valence-corrected chi connectivity index (χ2v) is 7.53. The van der Waals surface area contributed by atoms with Gasteiger partial charge in [-0.25, -0.2) is 0 Å². The molecule has 2 fully saturated rings. The van der Waals surface area contributed by atoms with Crippen molar-refractivity contribution in [2.75, 3.05) is 13.1 Å². The summed E-state index contributed by atoms with van der Waals surface area (Å²) in [5.74, 6) is 0.0879. The molecule has 2 aliphatic heterocycles. The summed E-state index contributed by atoms with van der Waals surface area (Å²) in [6.45, 7) is 5.37. The molecule has 2 aromatic carbocycles. The Morgan fingerprint density at radius 2 is 1.92 bits per heavy atom. The van der Waals surface area contributed by atoms with Gasteiger partial charge >= 0.3 is 0 Å². The maximum absolute atomic E-state index is 12.7. The number of benzene rings is 2. The Morgan fingerprint density at radius 3 is 2.73 bits per heavy atom. The van der Waals surface area contributed by atoms with Gasteiger partial charge in [-0.05, 0) is 24.5 Å². The first-order chi connectivity index (χ1) is 12.7. The van der Waals surface area contributed by atoms with Crippen LogP contribution in [0.4, 0.5) is 0 Å². The van der Waals surface area contributed by atoms with Crippen LogP contribution in [0.25, 0.3) is 0 Å². The van der Waals surface area contributed by atoms with Crippen LogP contribution in [0, 0.1) is 12.8 Å². The molecular weight excluding hydrogens is 324 g/mol. The van der Waals surface area contributed by atoms with Gasteiger partial charge in [0.05, 0.1) is 18.1 Å². The summed E-state index contributed by atoms with van der Waals surface area (Å²) >= 11 is 0. The molecule has 4 heteroatoms. The zero-order valence-electron chi connectivity index (χ0n) is 15.2. The minimum atomic E-state index is -0.0359. The SMILES string of the molecule is Cc1cccc(CN2CC3CC(C(=O)NCc4ccccc4)C(C2)O3)c1. The minimum absolute atomic E-state index is 0.00864. The summed E-state index contributed by atoms with van der Waals surface area (Å²) in [6, 6.07) is 18.7. The number of nitrogens with zero attached hydrogens (tertiary/aromatic N) is 1. The zero-order chi connectivity index (χ0) is 17.9. The molecule has 3 unspecified atom stereocenters. The molecule has 2 aromatic rings. The van der Waals surface area contributed by atoms with Crippen LogP contribution >= 0.6 is 0 Å². The van der Waals surface area contributed by atoms with Gasteiger partial charge in [-0.15, -0.1) is 0 Å². The summed E-state index contributed by atoms with van der Waals surface area (Å²) in [4.78, 5) is 15.1. The molecule has 2 bridgehead atoms. The number of rotatable bonds is 5. The van der Waals surface area contributed by atoms with Crippen molar-refractivity contribution in [2.24, 2.45) is 5.92 Å². The number of nitrogens with one attached hydrogen (secondary N) is 1. The van der Waals surface area contributed by atoms with E-state index in [1.807, 2.05) is 30.3 Å². The Balaban J connectivity index is 1.34. The maximum Gasteiger partial charge on any atom is 0.226 e. The van der Waals surface area contributed by atoms with Crippen molar-refractivity contribution in [3.63, 3.8) is 0 Å². The second kappa shape index (κ2) is 7.60. The molecule has 1 amide bonds. The van der Waals surface area contributed by atoms with Gasteiger partial charge in [0, 0.05) is 26.2 Å². The third-order valence-corrected chi connectivity index (χ3v) is 5.37. The van der Waals surface area contributed by atoms with Crippen LogP contribution in [0.2, 0.25) is 0 Å². The van der Waals surface area contributed by atoms with Gasteiger partial charge < -0.3 is 10.1 Å². The highest BCUT2D eigenvalue weighted by molar-refractivity contribution is 5.79. The Morgan fingerprint density at radius 1 is 1.12 bits per heavy atom. The van der Waals surface area contributed by atoms with Gasteiger partial charge in [-0.1, -0.05) is 60.2 Å². The molecule has 3 atom stereocenters. The summed E-state index contributed by atoms with van der Waals surface area (Å²) in [5.41, 5.74) is 3.75. The molecule has 2 heterocycles. The number of morpholine rings is 1. The van der Waals surface area contributed by atoms with Gasteiger partial charge in [0.25, 0.3) is 0 Å². The molecule has 2 aliphatic rings. The number of likely N-dealkylation sites (tertiary alicyclic amines) is 1. The van der Waals surface area contributed by atoms with Crippen LogP contribution < -0.4 is 5.32 Å². The third kappa shape index (κ3) is 3.97. The van der Waals surface area contributed by atoms with E-state index in [1.54, 1.807) is 0 Å². The minimum Gasteiger partial charge on any atom is -0.371 e. The first kappa shape index (κ1) is 17.3. The van der Waals surface area contributed by atoms with E-state index in [9.17, 15) is 4.79 Å². The number of fused-ring (bicyclic) bond motifs is 2. The standard InChI is InChI=1S/C22H26N2O2/c1-16-6-5-9-18(10-16)13-24-14-19-11-20(21(15-24)26-19)22(25)23-12-17-7-3-2-4-8-17/h2-10,19-21H,11-15H2,1H3,(H,23,25). The van der Waals surface area contributed by atoms with Gasteiger partial charge in [0.15, 0.2) is 0 Å². The Bertz CT molecular complexity index is 762. The fourth-order valence-corrected chi connectivity index (χ4v) is 4.13. The van der Waals surface area contributed by atoms with E-state index in [0.717, 1.165) is 31.6 Å². The Labute approximate surface area is 155 Å². The van der Waals surface area contributed by atoms with Crippen molar-refractivity contribution in [3.05, 3.63) is 71.3 Å². The van der Waals surface area contributed by atoms with Gasteiger partial charge in [-0.3, -0.25) is 9.69 Å². The lowest BCUT2D eigenvalue weighted by Crippen LogP contribution is -2.44. The highest BCUT2D eigenvalue weighted by Gasteiger charge is 2.44. The monoisotopic (exact) mass is 350 g/mol. The molecule has 0 aliphatic carbocycles. The van der Waals surface area contributed by atoms with Gasteiger partial charge in [-0.2, -0.15) is 0 Å². The van der Waals surface area contributed by atoms with E-state index in [0.29, 0.717) is 6.54 Å². The molecule has 4 nitrogen and oxygen atoms in total. The van der Waals surface area contributed by atoms with Gasteiger partial charge in [0.2, 0.25) is 5.91 Å². The largest absolute Gasteiger partial charge is 0.371 e. The smallest absolute Gasteiger partial charge is 0.226 e. The number of aryl methyl sites for hydroxylation is 1. The van der Waals surface area contributed by atoms with Crippen LogP contribution in [0.5, 0.6) is 0 Å². The molecular formula is C22H26N2O2. The first-order valence-corrected chi connectivity index (χ1v) is 9.42. The average molecular weight is 350 g/mol. The average Bonchev–Trinajstić information content (AvgIpc) is 2.95. The lowest BCUT2D eigenvalue weighted by Gasteiger charge is -2.32. The van der Waals surface area contributed by atoms with Gasteiger partial charge in [0.1, 0.15) is 0 Å². The topological polar surface area (TPSA) is 41.6 Å². The molecule has 26 heavy (non-hydrogen) atoms. The van der Waals surface area contributed by atoms with Crippen molar-refractivity contribution in [2.45, 2.75) is 38.6 Å².